The van der Waals surface area contributed by atoms with Crippen molar-refractivity contribution in [3.63, 3.8) is 0 Å². The van der Waals surface area contributed by atoms with Crippen molar-refractivity contribution in [3.05, 3.63) is 58.1 Å². The van der Waals surface area contributed by atoms with Gasteiger partial charge in [-0.15, -0.1) is 0 Å². The summed E-state index contributed by atoms with van der Waals surface area (Å²) in [6.45, 7) is 3.15. The van der Waals surface area contributed by atoms with Crippen molar-refractivity contribution < 1.29 is 18.0 Å². The quantitative estimate of drug-likeness (QED) is 0.615. The van der Waals surface area contributed by atoms with E-state index in [9.17, 15) is 18.0 Å². The van der Waals surface area contributed by atoms with E-state index < -0.39 is 15.9 Å². The average molecular weight is 534 g/mol. The Hall–Kier alpha value is -2.23. The second kappa shape index (κ2) is 9.95. The van der Waals surface area contributed by atoms with Crippen molar-refractivity contribution in [1.29, 1.82) is 0 Å². The fraction of sp³-hybridized carbons (Fsp3) is 0.417. The number of fused-ring (bicyclic) bond motifs is 1. The van der Waals surface area contributed by atoms with E-state index in [-0.39, 0.29) is 23.3 Å². The summed E-state index contributed by atoms with van der Waals surface area (Å²) in [5.41, 5.74) is 2.33. The van der Waals surface area contributed by atoms with Crippen LogP contribution in [-0.2, 0) is 32.6 Å². The number of anilines is 1. The van der Waals surface area contributed by atoms with Crippen LogP contribution < -0.4 is 10.2 Å². The summed E-state index contributed by atoms with van der Waals surface area (Å²) in [5.74, 6) is -0.642. The highest BCUT2D eigenvalue weighted by molar-refractivity contribution is 9.10. The zero-order valence-electron chi connectivity index (χ0n) is 18.6. The zero-order chi connectivity index (χ0) is 23.6. The Kier molecular flexibility index (Phi) is 7.21. The third-order valence-corrected chi connectivity index (χ3v) is 8.62. The van der Waals surface area contributed by atoms with Gasteiger partial charge in [0.2, 0.25) is 21.8 Å². The molecule has 2 amide bonds. The molecule has 0 saturated carbocycles. The van der Waals surface area contributed by atoms with Gasteiger partial charge < -0.3 is 10.2 Å². The standard InChI is InChI=1S/C24H28BrN3O4S/c1-2-22(29)28-12-10-18-13-20(25)14-21(23(18)28)33(31,32)27-11-6-9-19(16-27)24(30)26-15-17-7-4-3-5-8-17/h3-5,7-8,13-14,19H,2,6,9-12,15-16H2,1H3,(H,26,30)/t19-/m1/s1. The van der Waals surface area contributed by atoms with Gasteiger partial charge in [0.25, 0.3) is 0 Å². The fourth-order valence-corrected chi connectivity index (χ4v) is 6.99. The van der Waals surface area contributed by atoms with Gasteiger partial charge in [-0.25, -0.2) is 8.42 Å². The molecule has 1 N–H and O–H groups in total. The molecule has 0 spiro atoms. The number of rotatable bonds is 6. The molecular weight excluding hydrogens is 506 g/mol. The highest BCUT2D eigenvalue weighted by atomic mass is 79.9. The van der Waals surface area contributed by atoms with Crippen LogP contribution >= 0.6 is 15.9 Å². The molecule has 0 unspecified atom stereocenters. The summed E-state index contributed by atoms with van der Waals surface area (Å²) in [6, 6.07) is 13.1. The number of nitrogens with zero attached hydrogens (tertiary/aromatic N) is 2. The molecule has 1 saturated heterocycles. The number of nitrogens with one attached hydrogen (secondary N) is 1. The highest BCUT2D eigenvalue weighted by Gasteiger charge is 2.38. The lowest BCUT2D eigenvalue weighted by molar-refractivity contribution is -0.126. The molecule has 0 radical (unpaired) electrons. The number of carbonyl (C=O) groups excluding carboxylic acids is 2. The normalized spacial score (nSPS) is 18.7. The van der Waals surface area contributed by atoms with Gasteiger partial charge in [0.15, 0.2) is 0 Å². The number of halogens is 1. The van der Waals surface area contributed by atoms with Gasteiger partial charge in [-0.05, 0) is 42.5 Å². The maximum absolute atomic E-state index is 13.7. The summed E-state index contributed by atoms with van der Waals surface area (Å²) in [7, 11) is -3.89. The van der Waals surface area contributed by atoms with Crippen LogP contribution in [0.2, 0.25) is 0 Å². The van der Waals surface area contributed by atoms with Crippen molar-refractivity contribution in [3.8, 4) is 0 Å². The summed E-state index contributed by atoms with van der Waals surface area (Å²) in [5, 5.41) is 2.94. The van der Waals surface area contributed by atoms with Crippen molar-refractivity contribution in [1.82, 2.24) is 9.62 Å². The number of piperidine rings is 1. The molecule has 2 aliphatic heterocycles. The minimum absolute atomic E-state index is 0.0932. The van der Waals surface area contributed by atoms with Crippen molar-refractivity contribution >= 4 is 43.5 Å². The first-order chi connectivity index (χ1) is 15.8. The fourth-order valence-electron chi connectivity index (χ4n) is 4.55. The number of benzene rings is 2. The summed E-state index contributed by atoms with van der Waals surface area (Å²) in [6.07, 6.45) is 2.18. The third kappa shape index (κ3) is 5.00. The number of carbonyl (C=O) groups is 2. The molecule has 0 aliphatic carbocycles. The molecule has 2 heterocycles. The lowest BCUT2D eigenvalue weighted by Crippen LogP contribution is -2.45. The van der Waals surface area contributed by atoms with Gasteiger partial charge in [-0.2, -0.15) is 4.31 Å². The molecule has 7 nitrogen and oxygen atoms in total. The van der Waals surface area contributed by atoms with Gasteiger partial charge in [-0.1, -0.05) is 53.2 Å². The predicted molar refractivity (Wildman–Crippen MR) is 130 cm³/mol. The molecule has 4 rings (SSSR count). The molecule has 0 aromatic heterocycles. The van der Waals surface area contributed by atoms with Gasteiger partial charge in [0, 0.05) is 37.1 Å². The predicted octanol–water partition coefficient (Wildman–Crippen LogP) is 3.47. The van der Waals surface area contributed by atoms with Gasteiger partial charge in [0.05, 0.1) is 11.6 Å². The Bertz CT molecular complexity index is 1150. The minimum atomic E-state index is -3.89. The molecule has 33 heavy (non-hydrogen) atoms. The number of hydrogen-bond donors (Lipinski definition) is 1. The Balaban J connectivity index is 1.55. The molecule has 0 bridgehead atoms. The lowest BCUT2D eigenvalue weighted by Gasteiger charge is -2.32. The summed E-state index contributed by atoms with van der Waals surface area (Å²) < 4.78 is 29.5. The topological polar surface area (TPSA) is 86.8 Å². The van der Waals surface area contributed by atoms with E-state index in [1.807, 2.05) is 36.4 Å². The van der Waals surface area contributed by atoms with Crippen molar-refractivity contribution in [2.75, 3.05) is 24.5 Å². The minimum Gasteiger partial charge on any atom is -0.352 e. The Morgan fingerprint density at radius 3 is 2.64 bits per heavy atom. The molecular formula is C24H28BrN3O4S. The first-order valence-corrected chi connectivity index (χ1v) is 13.5. The molecule has 1 fully saturated rings. The van der Waals surface area contributed by atoms with Crippen LogP contribution in [0.3, 0.4) is 0 Å². The van der Waals surface area contributed by atoms with E-state index in [1.54, 1.807) is 17.9 Å². The maximum atomic E-state index is 13.7. The molecule has 1 atom stereocenters. The van der Waals surface area contributed by atoms with Gasteiger partial charge >= 0.3 is 0 Å². The van der Waals surface area contributed by atoms with Crippen molar-refractivity contribution in [2.45, 2.75) is 44.0 Å². The highest BCUT2D eigenvalue weighted by Crippen LogP contribution is 2.39. The second-order valence-electron chi connectivity index (χ2n) is 8.47. The summed E-state index contributed by atoms with van der Waals surface area (Å²) >= 11 is 3.43. The number of amides is 2. The Morgan fingerprint density at radius 1 is 1.15 bits per heavy atom. The molecule has 2 aliphatic rings. The van der Waals surface area contributed by atoms with Crippen LogP contribution in [0.5, 0.6) is 0 Å². The molecule has 9 heteroatoms. The number of hydrogen-bond acceptors (Lipinski definition) is 4. The van der Waals surface area contributed by atoms with Gasteiger partial charge in [0.1, 0.15) is 4.90 Å². The molecule has 176 valence electrons. The van der Waals surface area contributed by atoms with E-state index in [2.05, 4.69) is 21.2 Å². The van der Waals surface area contributed by atoms with Crippen LogP contribution in [0.15, 0.2) is 51.8 Å². The Labute approximate surface area is 203 Å². The lowest BCUT2D eigenvalue weighted by atomic mass is 9.99. The second-order valence-corrected chi connectivity index (χ2v) is 11.3. The van der Waals surface area contributed by atoms with E-state index in [4.69, 9.17) is 0 Å². The van der Waals surface area contributed by atoms with Crippen LogP contribution in [0.4, 0.5) is 5.69 Å². The van der Waals surface area contributed by atoms with E-state index in [0.717, 1.165) is 11.1 Å². The van der Waals surface area contributed by atoms with Crippen molar-refractivity contribution in [2.24, 2.45) is 5.92 Å². The van der Waals surface area contributed by atoms with Gasteiger partial charge in [-0.3, -0.25) is 9.59 Å². The third-order valence-electron chi connectivity index (χ3n) is 6.28. The van der Waals surface area contributed by atoms with E-state index in [0.29, 0.717) is 55.5 Å². The van der Waals surface area contributed by atoms with E-state index in [1.165, 1.54) is 4.31 Å². The zero-order valence-corrected chi connectivity index (χ0v) is 21.0. The maximum Gasteiger partial charge on any atom is 0.245 e. The monoisotopic (exact) mass is 533 g/mol. The molecule has 2 aromatic carbocycles. The number of sulfonamides is 1. The molecule has 2 aromatic rings. The largest absolute Gasteiger partial charge is 0.352 e. The SMILES string of the molecule is CCC(=O)N1CCc2cc(Br)cc(S(=O)(=O)N3CCC[C@@H](C(=O)NCc4ccccc4)C3)c21. The first kappa shape index (κ1) is 23.9. The van der Waals surface area contributed by atoms with Crippen LogP contribution in [0, 0.1) is 5.92 Å². The first-order valence-electron chi connectivity index (χ1n) is 11.3. The Morgan fingerprint density at radius 2 is 1.91 bits per heavy atom. The summed E-state index contributed by atoms with van der Waals surface area (Å²) in [4.78, 5) is 27.0. The van der Waals surface area contributed by atoms with E-state index >= 15 is 0 Å². The van der Waals surface area contributed by atoms with Crippen LogP contribution in [0.25, 0.3) is 0 Å². The smallest absolute Gasteiger partial charge is 0.245 e. The van der Waals surface area contributed by atoms with Crippen LogP contribution in [0.1, 0.15) is 37.3 Å². The van der Waals surface area contributed by atoms with Crippen LogP contribution in [-0.4, -0.2) is 44.2 Å². The average Bonchev–Trinajstić information content (AvgIpc) is 3.25.